The first-order chi connectivity index (χ1) is 15.0. The third kappa shape index (κ3) is 9.72. The summed E-state index contributed by atoms with van der Waals surface area (Å²) in [6, 6.07) is 4.62. The molecule has 0 radical (unpaired) electrons. The van der Waals surface area contributed by atoms with Crippen LogP contribution in [-0.2, 0) is 20.8 Å². The molecule has 2 atom stereocenters. The number of unbranched alkanes of at least 4 members (excludes halogenated alkanes) is 1. The van der Waals surface area contributed by atoms with Gasteiger partial charge in [-0.3, -0.25) is 0 Å². The SMILES string of the molecule is CCCCC(CC)(CO)C(O)c1c(C(C)(C)C)cc(C(C)(C)C)cc1C(C)(C)C.O=P(O)(O)O. The Morgan fingerprint density at radius 3 is 1.44 bits per heavy atom. The summed E-state index contributed by atoms with van der Waals surface area (Å²) in [5.41, 5.74) is 4.11. The molecule has 6 nitrogen and oxygen atoms in total. The lowest BCUT2D eigenvalue weighted by Gasteiger charge is -2.42. The monoisotopic (exact) mass is 502 g/mol. The first-order valence-corrected chi connectivity index (χ1v) is 13.9. The summed E-state index contributed by atoms with van der Waals surface area (Å²) in [4.78, 5) is 21.6. The van der Waals surface area contributed by atoms with E-state index in [1.165, 1.54) is 16.7 Å². The van der Waals surface area contributed by atoms with Gasteiger partial charge in [0, 0.05) is 5.41 Å². The van der Waals surface area contributed by atoms with Gasteiger partial charge in [-0.2, -0.15) is 0 Å². The molecule has 0 amide bonds. The van der Waals surface area contributed by atoms with Gasteiger partial charge < -0.3 is 24.9 Å². The van der Waals surface area contributed by atoms with Crippen LogP contribution in [0.1, 0.15) is 130 Å². The summed E-state index contributed by atoms with van der Waals surface area (Å²) in [6.45, 7) is 24.4. The van der Waals surface area contributed by atoms with Crippen molar-refractivity contribution in [3.63, 3.8) is 0 Å². The fourth-order valence-corrected chi connectivity index (χ4v) is 4.24. The highest BCUT2D eigenvalue weighted by Gasteiger charge is 2.41. The molecule has 0 heterocycles. The van der Waals surface area contributed by atoms with E-state index < -0.39 is 19.3 Å². The highest BCUT2D eigenvalue weighted by molar-refractivity contribution is 7.45. The molecule has 0 saturated heterocycles. The fourth-order valence-electron chi connectivity index (χ4n) is 4.24. The van der Waals surface area contributed by atoms with E-state index in [0.29, 0.717) is 0 Å². The largest absolute Gasteiger partial charge is 0.466 e. The summed E-state index contributed by atoms with van der Waals surface area (Å²) in [7, 11) is -4.64. The molecular formula is C27H51O6P. The predicted molar refractivity (Wildman–Crippen MR) is 141 cm³/mol. The zero-order valence-corrected chi connectivity index (χ0v) is 24.3. The molecule has 0 fully saturated rings. The topological polar surface area (TPSA) is 118 Å². The summed E-state index contributed by atoms with van der Waals surface area (Å²) < 4.78 is 8.88. The number of aliphatic hydroxyl groups is 2. The van der Waals surface area contributed by atoms with Gasteiger partial charge in [-0.05, 0) is 51.3 Å². The van der Waals surface area contributed by atoms with E-state index >= 15 is 0 Å². The Bertz CT molecular complexity index is 774. The Hall–Kier alpha value is -0.750. The molecule has 0 aliphatic rings. The molecule has 34 heavy (non-hydrogen) atoms. The lowest BCUT2D eigenvalue weighted by Crippen LogP contribution is -2.36. The van der Waals surface area contributed by atoms with E-state index in [0.717, 1.165) is 31.2 Å². The Morgan fingerprint density at radius 1 is 0.824 bits per heavy atom. The number of hydrogen-bond acceptors (Lipinski definition) is 3. The maximum atomic E-state index is 11.9. The molecule has 0 aliphatic carbocycles. The van der Waals surface area contributed by atoms with Crippen molar-refractivity contribution >= 4 is 7.82 Å². The molecule has 5 N–H and O–H groups in total. The maximum absolute atomic E-state index is 11.9. The van der Waals surface area contributed by atoms with Crippen LogP contribution in [0.2, 0.25) is 0 Å². The van der Waals surface area contributed by atoms with E-state index in [1.807, 2.05) is 0 Å². The van der Waals surface area contributed by atoms with Crippen molar-refractivity contribution in [3.05, 3.63) is 34.4 Å². The van der Waals surface area contributed by atoms with Crippen molar-refractivity contribution in [2.45, 2.75) is 124 Å². The molecule has 200 valence electrons. The lowest BCUT2D eigenvalue weighted by molar-refractivity contribution is -0.0319. The van der Waals surface area contributed by atoms with Crippen LogP contribution in [0, 0.1) is 5.41 Å². The number of aliphatic hydroxyl groups excluding tert-OH is 2. The molecule has 2 unspecified atom stereocenters. The van der Waals surface area contributed by atoms with Gasteiger partial charge in [0.25, 0.3) is 0 Å². The smallest absolute Gasteiger partial charge is 0.396 e. The Morgan fingerprint density at radius 2 is 1.21 bits per heavy atom. The normalized spacial score (nSPS) is 15.9. The molecule has 1 aromatic carbocycles. The quantitative estimate of drug-likeness (QED) is 0.281. The minimum Gasteiger partial charge on any atom is -0.396 e. The average Bonchev–Trinajstić information content (AvgIpc) is 2.64. The number of phosphoric acid groups is 1. The molecule has 0 saturated carbocycles. The number of hydrogen-bond donors (Lipinski definition) is 5. The van der Waals surface area contributed by atoms with Gasteiger partial charge >= 0.3 is 7.82 Å². The molecule has 0 aromatic heterocycles. The number of benzene rings is 1. The summed E-state index contributed by atoms with van der Waals surface area (Å²) >= 11 is 0. The minimum atomic E-state index is -4.64. The first kappa shape index (κ1) is 33.2. The number of rotatable bonds is 7. The van der Waals surface area contributed by atoms with Crippen LogP contribution in [0.25, 0.3) is 0 Å². The lowest BCUT2D eigenvalue weighted by atomic mass is 9.65. The van der Waals surface area contributed by atoms with E-state index in [9.17, 15) is 10.2 Å². The summed E-state index contributed by atoms with van der Waals surface area (Å²) in [5.74, 6) is 0. The molecule has 0 spiro atoms. The molecule has 1 aromatic rings. The van der Waals surface area contributed by atoms with Crippen molar-refractivity contribution in [1.82, 2.24) is 0 Å². The molecular weight excluding hydrogens is 451 g/mol. The van der Waals surface area contributed by atoms with Gasteiger partial charge in [-0.1, -0.05) is 101 Å². The van der Waals surface area contributed by atoms with Crippen LogP contribution in [0.15, 0.2) is 12.1 Å². The van der Waals surface area contributed by atoms with E-state index in [1.54, 1.807) is 0 Å². The highest BCUT2D eigenvalue weighted by atomic mass is 31.2. The second kappa shape index (κ2) is 12.0. The van der Waals surface area contributed by atoms with Crippen LogP contribution >= 0.6 is 7.82 Å². The van der Waals surface area contributed by atoms with Gasteiger partial charge in [0.2, 0.25) is 0 Å². The maximum Gasteiger partial charge on any atom is 0.466 e. The second-order valence-electron chi connectivity index (χ2n) is 12.6. The van der Waals surface area contributed by atoms with Crippen LogP contribution in [0.5, 0.6) is 0 Å². The highest BCUT2D eigenvalue weighted by Crippen LogP contribution is 2.48. The zero-order valence-electron chi connectivity index (χ0n) is 23.4. The van der Waals surface area contributed by atoms with Crippen molar-refractivity contribution in [3.8, 4) is 0 Å². The van der Waals surface area contributed by atoms with E-state index in [2.05, 4.69) is 88.3 Å². The van der Waals surface area contributed by atoms with Crippen LogP contribution in [-0.4, -0.2) is 31.5 Å². The van der Waals surface area contributed by atoms with Gasteiger partial charge in [0.1, 0.15) is 0 Å². The van der Waals surface area contributed by atoms with Crippen molar-refractivity contribution in [2.24, 2.45) is 5.41 Å². The Balaban J connectivity index is 0.00000196. The van der Waals surface area contributed by atoms with E-state index in [4.69, 9.17) is 19.2 Å². The van der Waals surface area contributed by atoms with Crippen molar-refractivity contribution in [1.29, 1.82) is 0 Å². The van der Waals surface area contributed by atoms with Crippen LogP contribution in [0.4, 0.5) is 0 Å². The minimum absolute atomic E-state index is 0.0128. The van der Waals surface area contributed by atoms with Gasteiger partial charge in [0.05, 0.1) is 12.7 Å². The van der Waals surface area contributed by atoms with Gasteiger partial charge in [-0.15, -0.1) is 0 Å². The summed E-state index contributed by atoms with van der Waals surface area (Å²) in [6.07, 6.45) is 3.00. The fraction of sp³-hybridized carbons (Fsp3) is 0.778. The molecule has 1 rings (SSSR count). The molecule has 0 aliphatic heterocycles. The molecule has 7 heteroatoms. The van der Waals surface area contributed by atoms with E-state index in [-0.39, 0.29) is 22.9 Å². The third-order valence-corrected chi connectivity index (χ3v) is 6.56. The average molecular weight is 503 g/mol. The zero-order chi connectivity index (χ0) is 27.3. The standard InChI is InChI=1S/C27H48O2.H3O4P/c1-12-14-15-27(13-2,18-28)23(29)22-20(25(6,7)8)16-19(24(3,4)5)17-21(22)26(9,10)11;1-5(2,3)4/h16-17,23,28-29H,12-15,18H2,1-11H3;(H3,1,2,3,4). The molecule has 0 bridgehead atoms. The van der Waals surface area contributed by atoms with Crippen molar-refractivity contribution < 1.29 is 29.5 Å². The Labute approximate surface area is 208 Å². The van der Waals surface area contributed by atoms with Crippen molar-refractivity contribution in [2.75, 3.05) is 6.61 Å². The predicted octanol–water partition coefficient (Wildman–Crippen LogP) is 6.26. The summed E-state index contributed by atoms with van der Waals surface area (Å²) in [5, 5.41) is 22.3. The van der Waals surface area contributed by atoms with Gasteiger partial charge in [0.15, 0.2) is 0 Å². The van der Waals surface area contributed by atoms with Gasteiger partial charge in [-0.25, -0.2) is 4.57 Å². The second-order valence-corrected chi connectivity index (χ2v) is 13.7. The Kier molecular flexibility index (Phi) is 11.7. The van der Waals surface area contributed by atoms with Crippen LogP contribution in [0.3, 0.4) is 0 Å². The third-order valence-electron chi connectivity index (χ3n) is 6.56. The first-order valence-electron chi connectivity index (χ1n) is 12.3. The van der Waals surface area contributed by atoms with Crippen LogP contribution < -0.4 is 0 Å².